The smallest absolute Gasteiger partial charge is 0.327 e. The van der Waals surface area contributed by atoms with E-state index in [2.05, 4.69) is 42.2 Å². The Balaban J connectivity index is 1.42. The van der Waals surface area contributed by atoms with Crippen LogP contribution in [0.4, 0.5) is 0 Å². The Bertz CT molecular complexity index is 2900. The number of amides is 8. The zero-order valence-electron chi connectivity index (χ0n) is 43.6. The van der Waals surface area contributed by atoms with Crippen LogP contribution in [0.3, 0.4) is 0 Å². The molecule has 9 atom stereocenters. The molecule has 1 aliphatic rings. The normalized spacial score (nSPS) is 23.1. The maximum Gasteiger partial charge on any atom is 0.327 e. The number of aromatic amines is 1. The van der Waals surface area contributed by atoms with Crippen molar-refractivity contribution in [2.75, 3.05) is 25.1 Å². The SMILES string of the molecule is C[C@@H](O)[C@@H]1NC(=O)[C@H](CCCCN)NC(=O)[C@@H](Cc2c[nH]c3ccccc23)NC(=O)[C@H](N(C)C(=O)c2ccccc2)NC(=O)[C@H](Cc2ccccc2)NC(=O)[C@H](N)CSSC[C@@H](C(=O)O)NC(=O)[C@H](Cc2ccccc2)NC1=O. The fraction of sp³-hybridized carbons (Fsp3) is 0.364. The topological polar surface area (TPSA) is 349 Å². The zero-order chi connectivity index (χ0) is 57.0. The number of benzene rings is 4. The van der Waals surface area contributed by atoms with E-state index in [0.717, 1.165) is 26.5 Å². The van der Waals surface area contributed by atoms with Gasteiger partial charge in [-0.1, -0.05) is 119 Å². The molecule has 0 radical (unpaired) electrons. The lowest BCUT2D eigenvalue weighted by atomic mass is 10.0. The van der Waals surface area contributed by atoms with Gasteiger partial charge in [-0.3, -0.25) is 38.4 Å². The van der Waals surface area contributed by atoms with E-state index >= 15 is 4.79 Å². The van der Waals surface area contributed by atoms with Gasteiger partial charge in [-0.05, 0) is 67.6 Å². The summed E-state index contributed by atoms with van der Waals surface area (Å²) in [5.41, 5.74) is 14.8. The molecule has 14 N–H and O–H groups in total. The van der Waals surface area contributed by atoms with Crippen LogP contribution in [0.15, 0.2) is 121 Å². The molecule has 79 heavy (non-hydrogen) atoms. The number of aliphatic hydroxyl groups is 1. The van der Waals surface area contributed by atoms with E-state index in [0.29, 0.717) is 34.0 Å². The van der Waals surface area contributed by atoms with Gasteiger partial charge >= 0.3 is 5.97 Å². The first kappa shape index (κ1) is 60.5. The molecule has 0 spiro atoms. The van der Waals surface area contributed by atoms with E-state index in [1.54, 1.807) is 103 Å². The molecule has 4 aromatic carbocycles. The van der Waals surface area contributed by atoms with Crippen molar-refractivity contribution >= 4 is 85.7 Å². The van der Waals surface area contributed by atoms with E-state index in [-0.39, 0.29) is 55.7 Å². The molecule has 1 saturated heterocycles. The highest BCUT2D eigenvalue weighted by molar-refractivity contribution is 8.76. The average molecular weight is 1120 g/mol. The molecule has 0 bridgehead atoms. The minimum atomic E-state index is -1.85. The van der Waals surface area contributed by atoms with E-state index in [9.17, 15) is 48.6 Å². The number of para-hydroxylation sites is 1. The van der Waals surface area contributed by atoms with Crippen LogP contribution in [0.1, 0.15) is 53.2 Å². The molecule has 0 saturated carbocycles. The number of likely N-dealkylation sites (N-methyl/N-ethyl adjacent to an activating group) is 1. The highest BCUT2D eigenvalue weighted by Crippen LogP contribution is 2.24. The van der Waals surface area contributed by atoms with E-state index in [1.165, 1.54) is 26.1 Å². The van der Waals surface area contributed by atoms with Crippen LogP contribution >= 0.6 is 21.6 Å². The summed E-state index contributed by atoms with van der Waals surface area (Å²) in [5.74, 6) is -8.98. The fourth-order valence-corrected chi connectivity index (χ4v) is 10.8. The van der Waals surface area contributed by atoms with E-state index in [4.69, 9.17) is 11.5 Å². The van der Waals surface area contributed by atoms with Crippen LogP contribution in [0.25, 0.3) is 10.9 Å². The third kappa shape index (κ3) is 17.6. The van der Waals surface area contributed by atoms with Crippen molar-refractivity contribution in [3.05, 3.63) is 144 Å². The highest BCUT2D eigenvalue weighted by Gasteiger charge is 2.38. The standard InChI is InChI=1S/C55H67N11O11S2/c1-32(67)45-52(73)61-41(26-33-16-6-3-7-17-33)49(70)63-44(55(76)77)31-79-78-30-38(57)47(68)60-42(27-34-18-8-4-9-19-34)51(72)65-46(66(2)54(75)35-20-10-5-11-21-35)53(74)62-43(28-36-29-58-39-23-13-12-22-37(36)39)50(71)59-40(48(69)64-45)24-14-15-25-56/h3-13,16-23,29,32,38,40-46,58,67H,14-15,24-28,30-31,56-57H2,1-2H3,(H,59,71)(H,60,68)(H,61,73)(H,62,74)(H,63,70)(H,64,69)(H,65,72)(H,76,77)/t32-,38-,40+,41+,42+,43-,44+,45+,46+/m1/s1. The van der Waals surface area contributed by atoms with Gasteiger partial charge in [-0.25, -0.2) is 4.79 Å². The number of aliphatic hydroxyl groups excluding tert-OH is 1. The largest absolute Gasteiger partial charge is 0.480 e. The number of nitrogens with two attached hydrogens (primary N) is 2. The van der Waals surface area contributed by atoms with Gasteiger partial charge in [-0.2, -0.15) is 0 Å². The molecule has 5 aromatic rings. The molecule has 6 rings (SSSR count). The van der Waals surface area contributed by atoms with Crippen molar-refractivity contribution in [2.45, 2.75) is 100 Å². The predicted molar refractivity (Wildman–Crippen MR) is 299 cm³/mol. The molecule has 1 aromatic heterocycles. The minimum Gasteiger partial charge on any atom is -0.480 e. The van der Waals surface area contributed by atoms with Gasteiger partial charge in [0, 0.05) is 60.5 Å². The van der Waals surface area contributed by atoms with E-state index in [1.807, 2.05) is 6.07 Å². The van der Waals surface area contributed by atoms with Gasteiger partial charge < -0.3 is 68.8 Å². The number of aromatic nitrogens is 1. The first-order valence-corrected chi connectivity index (χ1v) is 28.1. The summed E-state index contributed by atoms with van der Waals surface area (Å²) in [7, 11) is 3.28. The third-order valence-electron chi connectivity index (χ3n) is 13.0. The van der Waals surface area contributed by atoms with Crippen LogP contribution in [0.5, 0.6) is 0 Å². The van der Waals surface area contributed by atoms with Crippen molar-refractivity contribution in [1.29, 1.82) is 0 Å². The van der Waals surface area contributed by atoms with Gasteiger partial charge in [0.1, 0.15) is 36.3 Å². The number of fused-ring (bicyclic) bond motifs is 1. The Labute approximate surface area is 464 Å². The molecule has 420 valence electrons. The number of nitrogens with zero attached hydrogens (tertiary/aromatic N) is 1. The monoisotopic (exact) mass is 1120 g/mol. The Morgan fingerprint density at radius 3 is 1.72 bits per heavy atom. The molecule has 0 aliphatic carbocycles. The second-order valence-corrected chi connectivity index (χ2v) is 21.5. The number of hydrogen-bond acceptors (Lipinski definition) is 14. The number of hydrogen-bond donors (Lipinski definition) is 12. The van der Waals surface area contributed by atoms with Crippen molar-refractivity contribution in [1.82, 2.24) is 47.1 Å². The Hall–Kier alpha value is -7.77. The molecular weight excluding hydrogens is 1050 g/mol. The number of nitrogens with one attached hydrogen (secondary N) is 8. The lowest BCUT2D eigenvalue weighted by Gasteiger charge is -2.32. The maximum atomic E-state index is 15.0. The quantitative estimate of drug-likeness (QED) is 0.0536. The summed E-state index contributed by atoms with van der Waals surface area (Å²) >= 11 is 0. The molecular formula is C55H67N11O11S2. The lowest BCUT2D eigenvalue weighted by molar-refractivity contribution is -0.141. The third-order valence-corrected chi connectivity index (χ3v) is 15.4. The summed E-state index contributed by atoms with van der Waals surface area (Å²) < 4.78 is 0. The summed E-state index contributed by atoms with van der Waals surface area (Å²) in [6.07, 6.45) is -1.61. The van der Waals surface area contributed by atoms with Gasteiger partial charge in [0.05, 0.1) is 12.1 Å². The molecule has 8 amide bonds. The van der Waals surface area contributed by atoms with Crippen molar-refractivity contribution < 1.29 is 53.4 Å². The summed E-state index contributed by atoms with van der Waals surface area (Å²) in [5, 5.41) is 40.3. The van der Waals surface area contributed by atoms with Crippen molar-refractivity contribution in [2.24, 2.45) is 11.5 Å². The van der Waals surface area contributed by atoms with Crippen LogP contribution < -0.4 is 48.7 Å². The molecule has 2 heterocycles. The Morgan fingerprint density at radius 2 is 1.11 bits per heavy atom. The number of aliphatic carboxylic acids is 1. The molecule has 1 aliphatic heterocycles. The van der Waals surface area contributed by atoms with Crippen LogP contribution in [-0.4, -0.2) is 153 Å². The molecule has 1 fully saturated rings. The highest BCUT2D eigenvalue weighted by atomic mass is 33.1. The summed E-state index contributed by atoms with van der Waals surface area (Å²) in [6, 6.07) is 21.9. The van der Waals surface area contributed by atoms with Gasteiger partial charge in [0.2, 0.25) is 35.4 Å². The van der Waals surface area contributed by atoms with Crippen molar-refractivity contribution in [3.63, 3.8) is 0 Å². The minimum absolute atomic E-state index is 0.0479. The predicted octanol–water partition coefficient (Wildman–Crippen LogP) is 0.636. The number of carboxylic acids is 1. The Morgan fingerprint density at radius 1 is 0.608 bits per heavy atom. The number of H-pyrrole nitrogens is 1. The van der Waals surface area contributed by atoms with Gasteiger partial charge in [0.25, 0.3) is 11.8 Å². The van der Waals surface area contributed by atoms with Crippen molar-refractivity contribution in [3.8, 4) is 0 Å². The van der Waals surface area contributed by atoms with E-state index < -0.39 is 108 Å². The fourth-order valence-electron chi connectivity index (χ4n) is 8.57. The number of unbranched alkanes of at least 4 members (excludes halogenated alkanes) is 1. The second-order valence-electron chi connectivity index (χ2n) is 19.0. The zero-order valence-corrected chi connectivity index (χ0v) is 45.2. The first-order chi connectivity index (χ1) is 37.9. The number of carbonyl (C=O) groups excluding carboxylic acids is 8. The second kappa shape index (κ2) is 29.8. The lowest BCUT2D eigenvalue weighted by Crippen LogP contribution is -2.64. The van der Waals surface area contributed by atoms with Crippen LogP contribution in [0.2, 0.25) is 0 Å². The number of rotatable bonds is 14. The summed E-state index contributed by atoms with van der Waals surface area (Å²) in [4.78, 5) is 132. The maximum absolute atomic E-state index is 15.0. The molecule has 22 nitrogen and oxygen atoms in total. The van der Waals surface area contributed by atoms with Crippen LogP contribution in [-0.2, 0) is 57.6 Å². The Kier molecular flexibility index (Phi) is 22.8. The average Bonchev–Trinajstić information content (AvgIpc) is 3.89. The van der Waals surface area contributed by atoms with Gasteiger partial charge in [0.15, 0.2) is 6.17 Å². The van der Waals surface area contributed by atoms with Gasteiger partial charge in [-0.15, -0.1) is 0 Å². The summed E-state index contributed by atoms with van der Waals surface area (Å²) in [6.45, 7) is 1.45. The number of carbonyl (C=O) groups is 9. The molecule has 24 heteroatoms. The van der Waals surface area contributed by atoms with Crippen LogP contribution in [0, 0.1) is 0 Å². The first-order valence-electron chi connectivity index (χ1n) is 25.6. The molecule has 0 unspecified atom stereocenters. The number of carboxylic acid groups (broad SMARTS) is 1.